The van der Waals surface area contributed by atoms with Crippen LogP contribution in [0.15, 0.2) is 0 Å². The molecule has 0 aliphatic heterocycles. The van der Waals surface area contributed by atoms with Crippen LogP contribution in [-0.2, 0) is 9.59 Å². The SMILES string of the molecule is CC(O)CN(CC(C)C(=O)O)C(=O)C(C)(C)C. The van der Waals surface area contributed by atoms with Gasteiger partial charge in [-0.05, 0) is 6.92 Å². The molecular weight excluding hydrogens is 222 g/mol. The van der Waals surface area contributed by atoms with Gasteiger partial charge in [0, 0.05) is 18.5 Å². The van der Waals surface area contributed by atoms with Crippen LogP contribution < -0.4 is 0 Å². The van der Waals surface area contributed by atoms with Crippen LogP contribution in [-0.4, -0.2) is 46.2 Å². The predicted octanol–water partition coefficient (Wildman–Crippen LogP) is 0.963. The fourth-order valence-corrected chi connectivity index (χ4v) is 1.44. The van der Waals surface area contributed by atoms with Gasteiger partial charge in [0.1, 0.15) is 0 Å². The topological polar surface area (TPSA) is 77.8 Å². The Balaban J connectivity index is 4.77. The first-order valence-electron chi connectivity index (χ1n) is 5.76. The van der Waals surface area contributed by atoms with Crippen LogP contribution in [0, 0.1) is 11.3 Å². The number of nitrogens with zero attached hydrogens (tertiary/aromatic N) is 1. The number of carboxylic acids is 1. The number of carbonyl (C=O) groups excluding carboxylic acids is 1. The second-order valence-corrected chi connectivity index (χ2v) is 5.55. The zero-order chi connectivity index (χ0) is 13.8. The Labute approximate surface area is 102 Å². The Bertz CT molecular complexity index is 281. The molecule has 0 rings (SSSR count). The Morgan fingerprint density at radius 1 is 1.18 bits per heavy atom. The minimum absolute atomic E-state index is 0.121. The molecule has 0 saturated heterocycles. The van der Waals surface area contributed by atoms with E-state index < -0.39 is 23.4 Å². The van der Waals surface area contributed by atoms with E-state index in [4.69, 9.17) is 5.11 Å². The molecule has 1 amide bonds. The van der Waals surface area contributed by atoms with Crippen molar-refractivity contribution in [1.29, 1.82) is 0 Å². The van der Waals surface area contributed by atoms with Crippen LogP contribution in [0.2, 0.25) is 0 Å². The summed E-state index contributed by atoms with van der Waals surface area (Å²) in [5, 5.41) is 18.2. The molecule has 5 heteroatoms. The van der Waals surface area contributed by atoms with Crippen molar-refractivity contribution in [2.45, 2.75) is 40.7 Å². The average molecular weight is 245 g/mol. The molecule has 0 saturated carbocycles. The molecule has 0 heterocycles. The normalized spacial score (nSPS) is 15.2. The maximum absolute atomic E-state index is 12.1. The number of carboxylic acid groups (broad SMARTS) is 1. The highest BCUT2D eigenvalue weighted by Crippen LogP contribution is 2.18. The second-order valence-electron chi connectivity index (χ2n) is 5.55. The molecule has 17 heavy (non-hydrogen) atoms. The zero-order valence-corrected chi connectivity index (χ0v) is 11.2. The van der Waals surface area contributed by atoms with Crippen molar-refractivity contribution < 1.29 is 19.8 Å². The predicted molar refractivity (Wildman–Crippen MR) is 64.5 cm³/mol. The number of aliphatic carboxylic acids is 1. The molecule has 5 nitrogen and oxygen atoms in total. The molecule has 0 aliphatic rings. The van der Waals surface area contributed by atoms with Crippen molar-refractivity contribution in [3.05, 3.63) is 0 Å². The molecule has 2 unspecified atom stereocenters. The smallest absolute Gasteiger partial charge is 0.308 e. The highest BCUT2D eigenvalue weighted by Gasteiger charge is 2.29. The van der Waals surface area contributed by atoms with Gasteiger partial charge >= 0.3 is 5.97 Å². The molecule has 0 spiro atoms. The number of aliphatic hydroxyl groups is 1. The van der Waals surface area contributed by atoms with Crippen LogP contribution in [0.1, 0.15) is 34.6 Å². The van der Waals surface area contributed by atoms with Gasteiger partial charge in [0.25, 0.3) is 0 Å². The van der Waals surface area contributed by atoms with Gasteiger partial charge < -0.3 is 15.1 Å². The summed E-state index contributed by atoms with van der Waals surface area (Å²) in [6.45, 7) is 8.73. The van der Waals surface area contributed by atoms with E-state index in [9.17, 15) is 14.7 Å². The first-order chi connectivity index (χ1) is 7.55. The van der Waals surface area contributed by atoms with Gasteiger partial charge in [0.2, 0.25) is 5.91 Å². The third-order valence-electron chi connectivity index (χ3n) is 2.33. The lowest BCUT2D eigenvalue weighted by atomic mass is 9.94. The molecule has 0 fully saturated rings. The van der Waals surface area contributed by atoms with Gasteiger partial charge in [-0.1, -0.05) is 27.7 Å². The summed E-state index contributed by atoms with van der Waals surface area (Å²) in [6.07, 6.45) is -0.665. The van der Waals surface area contributed by atoms with E-state index in [1.165, 1.54) is 4.90 Å². The minimum atomic E-state index is -0.942. The van der Waals surface area contributed by atoms with Crippen molar-refractivity contribution >= 4 is 11.9 Å². The van der Waals surface area contributed by atoms with E-state index in [2.05, 4.69) is 0 Å². The Morgan fingerprint density at radius 2 is 1.65 bits per heavy atom. The fourth-order valence-electron chi connectivity index (χ4n) is 1.44. The van der Waals surface area contributed by atoms with Gasteiger partial charge in [0.05, 0.1) is 12.0 Å². The number of carbonyl (C=O) groups is 2. The summed E-state index contributed by atoms with van der Waals surface area (Å²) >= 11 is 0. The summed E-state index contributed by atoms with van der Waals surface area (Å²) in [7, 11) is 0. The average Bonchev–Trinajstić information content (AvgIpc) is 2.13. The number of hydrogen-bond donors (Lipinski definition) is 2. The lowest BCUT2D eigenvalue weighted by molar-refractivity contribution is -0.146. The highest BCUT2D eigenvalue weighted by molar-refractivity contribution is 5.82. The monoisotopic (exact) mass is 245 g/mol. The fraction of sp³-hybridized carbons (Fsp3) is 0.833. The third kappa shape index (κ3) is 5.68. The van der Waals surface area contributed by atoms with Crippen molar-refractivity contribution in [2.24, 2.45) is 11.3 Å². The highest BCUT2D eigenvalue weighted by atomic mass is 16.4. The standard InChI is InChI=1S/C12H23NO4/c1-8(10(15)16)6-13(7-9(2)14)11(17)12(3,4)5/h8-9,14H,6-7H2,1-5H3,(H,15,16). The lowest BCUT2D eigenvalue weighted by Gasteiger charge is -2.31. The van der Waals surface area contributed by atoms with Crippen molar-refractivity contribution in [1.82, 2.24) is 4.90 Å². The number of rotatable bonds is 5. The zero-order valence-electron chi connectivity index (χ0n) is 11.2. The Morgan fingerprint density at radius 3 is 1.94 bits per heavy atom. The van der Waals surface area contributed by atoms with Crippen molar-refractivity contribution in [3.63, 3.8) is 0 Å². The number of aliphatic hydroxyl groups excluding tert-OH is 1. The van der Waals surface area contributed by atoms with Crippen molar-refractivity contribution in [3.8, 4) is 0 Å². The van der Waals surface area contributed by atoms with Gasteiger partial charge in [-0.25, -0.2) is 0 Å². The van der Waals surface area contributed by atoms with Crippen LogP contribution in [0.3, 0.4) is 0 Å². The van der Waals surface area contributed by atoms with E-state index in [1.54, 1.807) is 34.6 Å². The Hall–Kier alpha value is -1.10. The largest absolute Gasteiger partial charge is 0.481 e. The molecule has 0 bridgehead atoms. The number of amides is 1. The summed E-state index contributed by atoms with van der Waals surface area (Å²) in [5.41, 5.74) is -0.576. The summed E-state index contributed by atoms with van der Waals surface area (Å²) in [5.74, 6) is -1.73. The summed E-state index contributed by atoms with van der Waals surface area (Å²) < 4.78 is 0. The van der Waals surface area contributed by atoms with Crippen LogP contribution in [0.4, 0.5) is 0 Å². The minimum Gasteiger partial charge on any atom is -0.481 e. The molecule has 0 aliphatic carbocycles. The number of hydrogen-bond acceptors (Lipinski definition) is 3. The second kappa shape index (κ2) is 6.00. The first kappa shape index (κ1) is 15.9. The molecular formula is C12H23NO4. The van der Waals surface area contributed by atoms with Gasteiger partial charge in [-0.15, -0.1) is 0 Å². The molecule has 100 valence electrons. The van der Waals surface area contributed by atoms with E-state index in [-0.39, 0.29) is 19.0 Å². The van der Waals surface area contributed by atoms with Gasteiger partial charge in [-0.3, -0.25) is 9.59 Å². The first-order valence-corrected chi connectivity index (χ1v) is 5.76. The van der Waals surface area contributed by atoms with Crippen LogP contribution >= 0.6 is 0 Å². The van der Waals surface area contributed by atoms with Crippen molar-refractivity contribution in [2.75, 3.05) is 13.1 Å². The molecule has 0 aromatic carbocycles. The van der Waals surface area contributed by atoms with E-state index in [0.717, 1.165) is 0 Å². The maximum Gasteiger partial charge on any atom is 0.308 e. The van der Waals surface area contributed by atoms with E-state index in [0.29, 0.717) is 0 Å². The molecule has 0 aromatic rings. The summed E-state index contributed by atoms with van der Waals surface area (Å²) in [4.78, 5) is 24.3. The Kier molecular flexibility index (Phi) is 5.61. The quantitative estimate of drug-likeness (QED) is 0.756. The summed E-state index contributed by atoms with van der Waals surface area (Å²) in [6, 6.07) is 0. The maximum atomic E-state index is 12.1. The van der Waals surface area contributed by atoms with E-state index in [1.807, 2.05) is 0 Å². The third-order valence-corrected chi connectivity index (χ3v) is 2.33. The molecule has 0 radical (unpaired) electrons. The van der Waals surface area contributed by atoms with Gasteiger partial charge in [-0.2, -0.15) is 0 Å². The van der Waals surface area contributed by atoms with Crippen LogP contribution in [0.5, 0.6) is 0 Å². The molecule has 2 atom stereocenters. The molecule has 0 aromatic heterocycles. The van der Waals surface area contributed by atoms with Gasteiger partial charge in [0.15, 0.2) is 0 Å². The van der Waals surface area contributed by atoms with Crippen LogP contribution in [0.25, 0.3) is 0 Å². The van der Waals surface area contributed by atoms with E-state index >= 15 is 0 Å². The lowest BCUT2D eigenvalue weighted by Crippen LogP contribution is -2.45. The molecule has 2 N–H and O–H groups in total.